The minimum absolute atomic E-state index is 0.0286. The number of sulfone groups is 1. The van der Waals surface area contributed by atoms with Crippen molar-refractivity contribution in [2.75, 3.05) is 6.26 Å². The zero-order valence-electron chi connectivity index (χ0n) is 17.1. The number of hydrogen-bond donors (Lipinski definition) is 0. The minimum atomic E-state index is -3.69. The topological polar surface area (TPSA) is 86.1 Å². The third-order valence-corrected chi connectivity index (χ3v) is 7.63. The summed E-state index contributed by atoms with van der Waals surface area (Å²) in [4.78, 5) is 29.4. The molecule has 1 atom stereocenters. The Bertz CT molecular complexity index is 1270. The predicted octanol–water partition coefficient (Wildman–Crippen LogP) is 3.38. The molecule has 0 saturated carbocycles. The van der Waals surface area contributed by atoms with E-state index in [1.807, 2.05) is 6.07 Å². The molecule has 2 aromatic carbocycles. The van der Waals surface area contributed by atoms with Gasteiger partial charge in [0.1, 0.15) is 10.6 Å². The maximum Gasteiger partial charge on any atom is 0.261 e. The molecule has 0 bridgehead atoms. The molecule has 0 radical (unpaired) electrons. The summed E-state index contributed by atoms with van der Waals surface area (Å²) in [6, 6.07) is 11.6. The van der Waals surface area contributed by atoms with Gasteiger partial charge < -0.3 is 0 Å². The van der Waals surface area contributed by atoms with Gasteiger partial charge in [0.25, 0.3) is 5.56 Å². The quantitative estimate of drug-likeness (QED) is 0.574. The third-order valence-electron chi connectivity index (χ3n) is 5.56. The molecular weight excluding hydrogens is 407 g/mol. The second-order valence-corrected chi connectivity index (χ2v) is 9.93. The third kappa shape index (κ3) is 3.92. The van der Waals surface area contributed by atoms with Gasteiger partial charge in [-0.1, -0.05) is 37.3 Å². The Kier molecular flexibility index (Phi) is 5.90. The lowest BCUT2D eigenvalue weighted by atomic mass is 9.99. The summed E-state index contributed by atoms with van der Waals surface area (Å²) in [7, 11) is -3.69. The molecule has 0 unspecified atom stereocenters. The van der Waals surface area contributed by atoms with E-state index in [1.54, 1.807) is 31.2 Å². The smallest absolute Gasteiger partial charge is 0.261 e. The maximum atomic E-state index is 14.7. The Hall–Kier alpha value is -2.87. The van der Waals surface area contributed by atoms with E-state index in [2.05, 4.69) is 4.98 Å². The number of halogens is 1. The fourth-order valence-corrected chi connectivity index (χ4v) is 4.44. The maximum absolute atomic E-state index is 14.7. The molecule has 0 N–H and O–H groups in total. The van der Waals surface area contributed by atoms with E-state index >= 15 is 0 Å². The van der Waals surface area contributed by atoms with Crippen LogP contribution < -0.4 is 5.56 Å². The Morgan fingerprint density at radius 3 is 2.47 bits per heavy atom. The van der Waals surface area contributed by atoms with Crippen molar-refractivity contribution in [3.8, 4) is 11.1 Å². The lowest BCUT2D eigenvalue weighted by Crippen LogP contribution is -2.44. The Balaban J connectivity index is 2.00. The number of hydrogen-bond acceptors (Lipinski definition) is 5. The van der Waals surface area contributed by atoms with Crippen molar-refractivity contribution in [1.82, 2.24) is 9.55 Å². The molecule has 1 aromatic heterocycles. The highest BCUT2D eigenvalue weighted by Gasteiger charge is 2.41. The lowest BCUT2D eigenvalue weighted by Gasteiger charge is -2.26. The van der Waals surface area contributed by atoms with Crippen LogP contribution in [-0.2, 0) is 21.2 Å². The number of aryl methyl sites for hydroxylation is 1. The number of carbonyl (C=O) groups excluding carboxylic acids is 1. The summed E-state index contributed by atoms with van der Waals surface area (Å²) < 4.78 is 38.8. The Morgan fingerprint density at radius 2 is 1.87 bits per heavy atom. The number of ketones is 1. The van der Waals surface area contributed by atoms with Crippen LogP contribution in [0.1, 0.15) is 26.7 Å². The molecule has 0 fully saturated rings. The number of rotatable bonds is 7. The number of aromatic nitrogens is 2. The number of carbonyl (C=O) groups is 1. The highest BCUT2D eigenvalue weighted by Crippen LogP contribution is 2.27. The van der Waals surface area contributed by atoms with Crippen molar-refractivity contribution in [1.29, 1.82) is 0 Å². The average Bonchev–Trinajstić information content (AvgIpc) is 2.72. The average molecular weight is 431 g/mol. The van der Waals surface area contributed by atoms with Crippen LogP contribution >= 0.6 is 0 Å². The zero-order chi connectivity index (χ0) is 22.1. The second-order valence-electron chi connectivity index (χ2n) is 7.49. The normalized spacial score (nSPS) is 13.9. The molecule has 8 heteroatoms. The number of fused-ring (bicyclic) bond motifs is 1. The van der Waals surface area contributed by atoms with Gasteiger partial charge in [-0.05, 0) is 31.0 Å². The van der Waals surface area contributed by atoms with Gasteiger partial charge in [0.15, 0.2) is 15.6 Å². The van der Waals surface area contributed by atoms with Gasteiger partial charge >= 0.3 is 0 Å². The monoisotopic (exact) mass is 430 g/mol. The summed E-state index contributed by atoms with van der Waals surface area (Å²) in [5.41, 5.74) is 0.862. The minimum Gasteiger partial charge on any atom is -0.299 e. The highest BCUT2D eigenvalue weighted by atomic mass is 32.2. The molecule has 0 amide bonds. The van der Waals surface area contributed by atoms with E-state index in [0.717, 1.165) is 12.3 Å². The standard InChI is InChI=1S/C22H23FN2O4S/c1-4-20(26)22(2,30(3,28)29)10-11-25-14-24-19-13-16(15-8-6-5-7-9-15)18(23)12-17(19)21(25)27/h5-9,12-14H,4,10-11H2,1-3H3/t22-/m0/s1. The first kappa shape index (κ1) is 21.8. The van der Waals surface area contributed by atoms with E-state index < -0.39 is 31.7 Å². The van der Waals surface area contributed by atoms with Crippen LogP contribution in [-0.4, -0.2) is 34.8 Å². The van der Waals surface area contributed by atoms with Crippen molar-refractivity contribution in [2.45, 2.75) is 38.0 Å². The number of Topliss-reactive ketones (excluding diaryl/α,β-unsaturated/α-hetero) is 1. The summed E-state index contributed by atoms with van der Waals surface area (Å²) >= 11 is 0. The fourth-order valence-electron chi connectivity index (χ4n) is 3.42. The van der Waals surface area contributed by atoms with Crippen LogP contribution in [0.4, 0.5) is 4.39 Å². The fraction of sp³-hybridized carbons (Fsp3) is 0.318. The largest absolute Gasteiger partial charge is 0.299 e. The molecule has 0 aliphatic heterocycles. The molecule has 0 aliphatic rings. The van der Waals surface area contributed by atoms with Crippen molar-refractivity contribution in [3.05, 3.63) is 65.0 Å². The van der Waals surface area contributed by atoms with Crippen LogP contribution in [0.15, 0.2) is 53.6 Å². The van der Waals surface area contributed by atoms with Gasteiger partial charge in [-0.3, -0.25) is 14.2 Å². The zero-order valence-corrected chi connectivity index (χ0v) is 17.9. The molecule has 0 saturated heterocycles. The van der Waals surface area contributed by atoms with Crippen LogP contribution in [0.5, 0.6) is 0 Å². The van der Waals surface area contributed by atoms with Crippen LogP contribution in [0, 0.1) is 5.82 Å². The molecule has 0 spiro atoms. The molecule has 6 nitrogen and oxygen atoms in total. The first-order chi connectivity index (χ1) is 14.1. The van der Waals surface area contributed by atoms with E-state index in [0.29, 0.717) is 16.6 Å². The molecular formula is C22H23FN2O4S. The molecule has 3 rings (SSSR count). The Morgan fingerprint density at radius 1 is 1.20 bits per heavy atom. The van der Waals surface area contributed by atoms with Gasteiger partial charge in [-0.2, -0.15) is 0 Å². The van der Waals surface area contributed by atoms with Gasteiger partial charge in [-0.15, -0.1) is 0 Å². The summed E-state index contributed by atoms with van der Waals surface area (Å²) in [6.07, 6.45) is 2.32. The summed E-state index contributed by atoms with van der Waals surface area (Å²) in [5, 5.41) is 0.0950. The predicted molar refractivity (Wildman–Crippen MR) is 115 cm³/mol. The molecule has 30 heavy (non-hydrogen) atoms. The van der Waals surface area contributed by atoms with Crippen molar-refractivity contribution in [3.63, 3.8) is 0 Å². The summed E-state index contributed by atoms with van der Waals surface area (Å²) in [6.45, 7) is 2.95. The van der Waals surface area contributed by atoms with Crippen molar-refractivity contribution < 1.29 is 17.6 Å². The first-order valence-electron chi connectivity index (χ1n) is 9.55. The SMILES string of the molecule is CCC(=O)[C@](C)(CCn1cnc2cc(-c3ccccc3)c(F)cc2c1=O)S(C)(=O)=O. The number of benzene rings is 2. The van der Waals surface area contributed by atoms with Gasteiger partial charge in [0.05, 0.1) is 17.2 Å². The molecule has 0 aliphatic carbocycles. The van der Waals surface area contributed by atoms with Crippen LogP contribution in [0.3, 0.4) is 0 Å². The molecule has 1 heterocycles. The lowest BCUT2D eigenvalue weighted by molar-refractivity contribution is -0.121. The van der Waals surface area contributed by atoms with Crippen molar-refractivity contribution >= 4 is 26.5 Å². The van der Waals surface area contributed by atoms with Crippen LogP contribution in [0.25, 0.3) is 22.0 Å². The van der Waals surface area contributed by atoms with E-state index in [-0.39, 0.29) is 24.8 Å². The molecule has 158 valence electrons. The van der Waals surface area contributed by atoms with E-state index in [1.165, 1.54) is 23.9 Å². The number of nitrogens with zero attached hydrogens (tertiary/aromatic N) is 2. The van der Waals surface area contributed by atoms with Crippen molar-refractivity contribution in [2.24, 2.45) is 0 Å². The van der Waals surface area contributed by atoms with Gasteiger partial charge in [0.2, 0.25) is 0 Å². The van der Waals surface area contributed by atoms with E-state index in [9.17, 15) is 22.4 Å². The Labute approximate surface area is 174 Å². The van der Waals surface area contributed by atoms with E-state index in [4.69, 9.17) is 0 Å². The highest BCUT2D eigenvalue weighted by molar-refractivity contribution is 7.92. The summed E-state index contributed by atoms with van der Waals surface area (Å²) in [5.74, 6) is -0.960. The second kappa shape index (κ2) is 8.10. The van der Waals surface area contributed by atoms with Gasteiger partial charge in [0, 0.05) is 24.8 Å². The molecule has 3 aromatic rings. The van der Waals surface area contributed by atoms with Gasteiger partial charge in [-0.25, -0.2) is 17.8 Å². The van der Waals surface area contributed by atoms with Crippen LogP contribution in [0.2, 0.25) is 0 Å². The first-order valence-corrected chi connectivity index (χ1v) is 11.4.